The largest absolute Gasteiger partial charge is 0.367 e. The average Bonchev–Trinajstić information content (AvgIpc) is 2.79. The molecule has 2 aromatic heterocycles. The second-order valence-corrected chi connectivity index (χ2v) is 7.37. The molecule has 9 heteroatoms. The van der Waals surface area contributed by atoms with E-state index in [1.165, 1.54) is 7.05 Å². The predicted octanol–water partition coefficient (Wildman–Crippen LogP) is 1.77. The lowest BCUT2D eigenvalue weighted by Gasteiger charge is -2.36. The van der Waals surface area contributed by atoms with Crippen LogP contribution in [0.3, 0.4) is 0 Å². The molecule has 9 nitrogen and oxygen atoms in total. The molecular weight excluding hydrogens is 394 g/mol. The van der Waals surface area contributed by atoms with Gasteiger partial charge in [-0.3, -0.25) is 14.5 Å². The van der Waals surface area contributed by atoms with Crippen molar-refractivity contribution in [1.29, 1.82) is 5.26 Å². The molecule has 2 amide bonds. The lowest BCUT2D eigenvalue weighted by atomic mass is 10.2. The van der Waals surface area contributed by atoms with E-state index in [0.29, 0.717) is 12.2 Å². The lowest BCUT2D eigenvalue weighted by Crippen LogP contribution is -2.46. The first-order valence-electron chi connectivity index (χ1n) is 10.4. The number of hydrogen-bond acceptors (Lipinski definition) is 7. The van der Waals surface area contributed by atoms with Gasteiger partial charge in [0.2, 0.25) is 5.91 Å². The molecule has 0 spiro atoms. The Morgan fingerprint density at radius 1 is 1.19 bits per heavy atom. The molecule has 1 aliphatic heterocycles. The zero-order valence-corrected chi connectivity index (χ0v) is 17.9. The summed E-state index contributed by atoms with van der Waals surface area (Å²) in [5.74, 6) is 0.246. The van der Waals surface area contributed by atoms with Crippen LogP contribution in [0.25, 0.3) is 0 Å². The summed E-state index contributed by atoms with van der Waals surface area (Å²) >= 11 is 0. The van der Waals surface area contributed by atoms with E-state index in [2.05, 4.69) is 36.5 Å². The average molecular weight is 422 g/mol. The second-order valence-electron chi connectivity index (χ2n) is 7.37. The van der Waals surface area contributed by atoms with Gasteiger partial charge in [0.25, 0.3) is 5.91 Å². The van der Waals surface area contributed by atoms with Crippen molar-refractivity contribution < 1.29 is 9.59 Å². The number of carbonyl (C=O) groups excluding carboxylic acids is 2. The SMILES string of the molecule is CCCC(=O)Nc1cc(CN2CCN(c3ccc(C(=O)NC)nc3C#N)CC2)ccn1. The first kappa shape index (κ1) is 22.2. The minimum Gasteiger partial charge on any atom is -0.367 e. The van der Waals surface area contributed by atoms with Gasteiger partial charge in [0.05, 0.1) is 5.69 Å². The van der Waals surface area contributed by atoms with Gasteiger partial charge in [0.1, 0.15) is 17.6 Å². The third-order valence-electron chi connectivity index (χ3n) is 5.13. The van der Waals surface area contributed by atoms with Crippen LogP contribution in [0, 0.1) is 11.3 Å². The maximum absolute atomic E-state index is 11.8. The number of amides is 2. The van der Waals surface area contributed by atoms with Crippen LogP contribution in [0.15, 0.2) is 30.5 Å². The van der Waals surface area contributed by atoms with E-state index in [1.807, 2.05) is 19.1 Å². The summed E-state index contributed by atoms with van der Waals surface area (Å²) in [6.07, 6.45) is 3.00. The van der Waals surface area contributed by atoms with E-state index in [-0.39, 0.29) is 23.2 Å². The van der Waals surface area contributed by atoms with Crippen molar-refractivity contribution in [3.05, 3.63) is 47.4 Å². The van der Waals surface area contributed by atoms with Crippen LogP contribution in [0.5, 0.6) is 0 Å². The Labute approximate surface area is 182 Å². The van der Waals surface area contributed by atoms with Gasteiger partial charge in [-0.1, -0.05) is 6.92 Å². The number of hydrogen-bond donors (Lipinski definition) is 2. The van der Waals surface area contributed by atoms with Crippen LogP contribution in [0.1, 0.15) is 41.5 Å². The van der Waals surface area contributed by atoms with Crippen molar-refractivity contribution in [1.82, 2.24) is 20.2 Å². The summed E-state index contributed by atoms with van der Waals surface area (Å²) in [5.41, 5.74) is 2.33. The summed E-state index contributed by atoms with van der Waals surface area (Å²) in [4.78, 5) is 36.4. The number of nitrogens with one attached hydrogen (secondary N) is 2. The number of nitrogens with zero attached hydrogens (tertiary/aromatic N) is 5. The Morgan fingerprint density at radius 3 is 2.65 bits per heavy atom. The molecule has 0 atom stereocenters. The van der Waals surface area contributed by atoms with Gasteiger partial charge in [-0.05, 0) is 36.2 Å². The highest BCUT2D eigenvalue weighted by Gasteiger charge is 2.21. The minimum atomic E-state index is -0.310. The van der Waals surface area contributed by atoms with Crippen LogP contribution >= 0.6 is 0 Å². The molecule has 0 aromatic carbocycles. The number of carbonyl (C=O) groups is 2. The molecule has 0 saturated carbocycles. The topological polar surface area (TPSA) is 114 Å². The molecule has 31 heavy (non-hydrogen) atoms. The summed E-state index contributed by atoms with van der Waals surface area (Å²) < 4.78 is 0. The molecule has 0 aliphatic carbocycles. The highest BCUT2D eigenvalue weighted by atomic mass is 16.2. The molecule has 0 radical (unpaired) electrons. The summed E-state index contributed by atoms with van der Waals surface area (Å²) in [6, 6.07) is 9.41. The number of anilines is 2. The lowest BCUT2D eigenvalue weighted by molar-refractivity contribution is -0.116. The van der Waals surface area contributed by atoms with Crippen molar-refractivity contribution in [3.8, 4) is 6.07 Å². The highest BCUT2D eigenvalue weighted by molar-refractivity contribution is 5.92. The zero-order valence-electron chi connectivity index (χ0n) is 17.9. The van der Waals surface area contributed by atoms with Crippen LogP contribution < -0.4 is 15.5 Å². The first-order valence-corrected chi connectivity index (χ1v) is 10.4. The van der Waals surface area contributed by atoms with Gasteiger partial charge in [0, 0.05) is 52.4 Å². The highest BCUT2D eigenvalue weighted by Crippen LogP contribution is 2.21. The fraction of sp³-hybridized carbons (Fsp3) is 0.409. The van der Waals surface area contributed by atoms with Crippen LogP contribution in [0.4, 0.5) is 11.5 Å². The standard InChI is InChI=1S/C22H27N7O2/c1-3-4-21(30)27-20-13-16(7-8-25-20)15-28-9-11-29(12-10-28)19-6-5-17(22(31)24-2)26-18(19)14-23/h5-8,13H,3-4,9-12,15H2,1-2H3,(H,24,31)(H,25,27,30). The maximum Gasteiger partial charge on any atom is 0.269 e. The van der Waals surface area contributed by atoms with Crippen molar-refractivity contribution in [3.63, 3.8) is 0 Å². The van der Waals surface area contributed by atoms with E-state index >= 15 is 0 Å². The molecule has 1 aliphatic rings. The van der Waals surface area contributed by atoms with E-state index in [0.717, 1.165) is 50.4 Å². The molecule has 1 fully saturated rings. The molecule has 2 N–H and O–H groups in total. The van der Waals surface area contributed by atoms with Crippen molar-refractivity contribution in [2.24, 2.45) is 0 Å². The molecule has 0 unspecified atom stereocenters. The van der Waals surface area contributed by atoms with Gasteiger partial charge in [0.15, 0.2) is 5.69 Å². The van der Waals surface area contributed by atoms with Gasteiger partial charge in [-0.15, -0.1) is 0 Å². The number of piperazine rings is 1. The Bertz CT molecular complexity index is 978. The second kappa shape index (κ2) is 10.5. The number of nitriles is 1. The Balaban J connectivity index is 1.60. The minimum absolute atomic E-state index is 0.0230. The van der Waals surface area contributed by atoms with Crippen molar-refractivity contribution >= 4 is 23.3 Å². The molecule has 0 bridgehead atoms. The quantitative estimate of drug-likeness (QED) is 0.700. The first-order chi connectivity index (χ1) is 15.0. The molecule has 162 valence electrons. The van der Waals surface area contributed by atoms with Gasteiger partial charge < -0.3 is 15.5 Å². The molecule has 2 aromatic rings. The van der Waals surface area contributed by atoms with Gasteiger partial charge in [-0.2, -0.15) is 5.26 Å². The summed E-state index contributed by atoms with van der Waals surface area (Å²) in [6.45, 7) is 5.87. The number of aromatic nitrogens is 2. The van der Waals surface area contributed by atoms with Crippen LogP contribution in [-0.2, 0) is 11.3 Å². The molecule has 3 rings (SSSR count). The Kier molecular flexibility index (Phi) is 7.51. The third-order valence-corrected chi connectivity index (χ3v) is 5.13. The molecule has 1 saturated heterocycles. The third kappa shape index (κ3) is 5.77. The van der Waals surface area contributed by atoms with E-state index < -0.39 is 0 Å². The fourth-order valence-corrected chi connectivity index (χ4v) is 3.52. The number of pyridine rings is 2. The van der Waals surface area contributed by atoms with E-state index in [9.17, 15) is 14.9 Å². The zero-order chi connectivity index (χ0) is 22.2. The molecule has 3 heterocycles. The van der Waals surface area contributed by atoms with Gasteiger partial charge in [-0.25, -0.2) is 9.97 Å². The monoisotopic (exact) mass is 421 g/mol. The molecular formula is C22H27N7O2. The van der Waals surface area contributed by atoms with Crippen LogP contribution in [-0.4, -0.2) is 59.9 Å². The van der Waals surface area contributed by atoms with Crippen molar-refractivity contribution in [2.45, 2.75) is 26.3 Å². The maximum atomic E-state index is 11.8. The summed E-state index contributed by atoms with van der Waals surface area (Å²) in [7, 11) is 1.54. The Morgan fingerprint density at radius 2 is 1.97 bits per heavy atom. The predicted molar refractivity (Wildman–Crippen MR) is 118 cm³/mol. The summed E-state index contributed by atoms with van der Waals surface area (Å²) in [5, 5.41) is 14.8. The fourth-order valence-electron chi connectivity index (χ4n) is 3.52. The van der Waals surface area contributed by atoms with Crippen molar-refractivity contribution in [2.75, 3.05) is 43.4 Å². The van der Waals surface area contributed by atoms with E-state index in [1.54, 1.807) is 18.3 Å². The Hall–Kier alpha value is -3.51. The normalized spacial score (nSPS) is 14.0. The number of rotatable bonds is 7. The smallest absolute Gasteiger partial charge is 0.269 e. The van der Waals surface area contributed by atoms with Crippen LogP contribution in [0.2, 0.25) is 0 Å². The van der Waals surface area contributed by atoms with Gasteiger partial charge >= 0.3 is 0 Å². The van der Waals surface area contributed by atoms with E-state index in [4.69, 9.17) is 0 Å².